The van der Waals surface area contributed by atoms with Gasteiger partial charge in [0.1, 0.15) is 17.7 Å². The molecule has 3 aliphatic heterocycles. The van der Waals surface area contributed by atoms with E-state index in [-0.39, 0.29) is 6.10 Å². The zero-order chi connectivity index (χ0) is 24.6. The Morgan fingerprint density at radius 3 is 2.61 bits per heavy atom. The molecule has 0 bridgehead atoms. The fourth-order valence-corrected chi connectivity index (χ4v) is 6.32. The number of aromatic nitrogens is 2. The van der Waals surface area contributed by atoms with Crippen molar-refractivity contribution >= 4 is 22.3 Å². The standard InChI is InChI=1S/C29H37N5O2/c1-20(26-11-8-13-32(26)2)36-29-30-25-19-34(27-18-22(35)17-21-9-4-5-10-23(21)27)16-12-24(25)28(31-29)33-14-6-3-7-15-33/h4-5,9-10,17-18,20,26,35H,3,6-8,11-16,19H2,1-2H3/t20-,26-/m1/s1. The monoisotopic (exact) mass is 487 g/mol. The molecule has 6 rings (SSSR count). The molecule has 7 heteroatoms. The van der Waals surface area contributed by atoms with Gasteiger partial charge in [-0.25, -0.2) is 0 Å². The second-order valence-electron chi connectivity index (χ2n) is 10.7. The van der Waals surface area contributed by atoms with Crippen LogP contribution in [0.3, 0.4) is 0 Å². The van der Waals surface area contributed by atoms with Crippen LogP contribution < -0.4 is 14.5 Å². The highest BCUT2D eigenvalue weighted by atomic mass is 16.5. The van der Waals surface area contributed by atoms with Crippen molar-refractivity contribution in [2.45, 2.75) is 64.1 Å². The van der Waals surface area contributed by atoms with Crippen molar-refractivity contribution in [3.63, 3.8) is 0 Å². The summed E-state index contributed by atoms with van der Waals surface area (Å²) in [5.74, 6) is 1.37. The average Bonchev–Trinajstić information content (AvgIpc) is 3.34. The molecule has 2 aromatic carbocycles. The van der Waals surface area contributed by atoms with E-state index < -0.39 is 0 Å². The van der Waals surface area contributed by atoms with Crippen LogP contribution in [0.2, 0.25) is 0 Å². The van der Waals surface area contributed by atoms with Gasteiger partial charge >= 0.3 is 6.01 Å². The van der Waals surface area contributed by atoms with Gasteiger partial charge in [0.05, 0.1) is 12.2 Å². The minimum Gasteiger partial charge on any atom is -0.508 e. The molecule has 0 amide bonds. The SMILES string of the molecule is C[C@@H](Oc1nc2c(c(N3CCCCC3)n1)CCN(c1cc(O)cc3ccccc13)C2)[C@H]1CCCN1C. The molecule has 36 heavy (non-hydrogen) atoms. The normalized spacial score (nSPS) is 21.6. The van der Waals surface area contributed by atoms with E-state index in [1.807, 2.05) is 18.2 Å². The maximum absolute atomic E-state index is 10.4. The molecule has 3 aromatic rings. The number of hydrogen-bond acceptors (Lipinski definition) is 7. The highest BCUT2D eigenvalue weighted by Crippen LogP contribution is 2.37. The van der Waals surface area contributed by atoms with Gasteiger partial charge in [0, 0.05) is 48.4 Å². The summed E-state index contributed by atoms with van der Waals surface area (Å²) < 4.78 is 6.45. The Kier molecular flexibility index (Phi) is 6.34. The third-order valence-electron chi connectivity index (χ3n) is 8.25. The number of phenolic OH excluding ortho intramolecular Hbond substituents is 1. The van der Waals surface area contributed by atoms with E-state index in [2.05, 4.69) is 46.9 Å². The molecule has 7 nitrogen and oxygen atoms in total. The van der Waals surface area contributed by atoms with Gasteiger partial charge in [0.2, 0.25) is 0 Å². The van der Waals surface area contributed by atoms with E-state index in [4.69, 9.17) is 14.7 Å². The van der Waals surface area contributed by atoms with Crippen LogP contribution in [0.25, 0.3) is 10.8 Å². The van der Waals surface area contributed by atoms with Crippen molar-refractivity contribution in [1.29, 1.82) is 0 Å². The smallest absolute Gasteiger partial charge is 0.318 e. The third kappa shape index (κ3) is 4.45. The molecule has 0 unspecified atom stereocenters. The lowest BCUT2D eigenvalue weighted by Gasteiger charge is -2.35. The van der Waals surface area contributed by atoms with Crippen LogP contribution in [0.4, 0.5) is 11.5 Å². The Balaban J connectivity index is 1.35. The van der Waals surface area contributed by atoms with Gasteiger partial charge in [-0.2, -0.15) is 9.97 Å². The molecule has 2 fully saturated rings. The van der Waals surface area contributed by atoms with Crippen LogP contribution in [0.5, 0.6) is 11.8 Å². The van der Waals surface area contributed by atoms with E-state index in [9.17, 15) is 5.11 Å². The molecule has 4 heterocycles. The molecule has 3 aliphatic rings. The number of ether oxygens (including phenoxy) is 1. The summed E-state index contributed by atoms with van der Waals surface area (Å²) in [5.41, 5.74) is 3.36. The summed E-state index contributed by atoms with van der Waals surface area (Å²) in [7, 11) is 2.18. The van der Waals surface area contributed by atoms with Crippen LogP contribution in [-0.2, 0) is 13.0 Å². The predicted octanol–water partition coefficient (Wildman–Crippen LogP) is 4.75. The number of likely N-dealkylation sites (tertiary alicyclic amines) is 1. The zero-order valence-corrected chi connectivity index (χ0v) is 21.5. The average molecular weight is 488 g/mol. The van der Waals surface area contributed by atoms with E-state index in [0.717, 1.165) is 67.0 Å². The Morgan fingerprint density at radius 1 is 0.972 bits per heavy atom. The third-order valence-corrected chi connectivity index (χ3v) is 8.25. The van der Waals surface area contributed by atoms with Crippen LogP contribution in [-0.4, -0.2) is 65.3 Å². The van der Waals surface area contributed by atoms with Crippen molar-refractivity contribution in [3.8, 4) is 11.8 Å². The van der Waals surface area contributed by atoms with Crippen molar-refractivity contribution < 1.29 is 9.84 Å². The van der Waals surface area contributed by atoms with Gasteiger partial charge in [-0.05, 0) is 70.5 Å². The molecular formula is C29H37N5O2. The molecule has 0 radical (unpaired) electrons. The first kappa shape index (κ1) is 23.3. The number of likely N-dealkylation sites (N-methyl/N-ethyl adjacent to an activating group) is 1. The van der Waals surface area contributed by atoms with Gasteiger partial charge in [-0.1, -0.05) is 24.3 Å². The van der Waals surface area contributed by atoms with E-state index in [1.165, 1.54) is 31.2 Å². The maximum atomic E-state index is 10.4. The minimum atomic E-state index is 0.0412. The summed E-state index contributed by atoms with van der Waals surface area (Å²) in [6.45, 7) is 6.92. The van der Waals surface area contributed by atoms with Crippen molar-refractivity contribution in [3.05, 3.63) is 47.7 Å². The Hall–Kier alpha value is -3.06. The lowest BCUT2D eigenvalue weighted by molar-refractivity contribution is 0.111. The van der Waals surface area contributed by atoms with Gasteiger partial charge in [0.15, 0.2) is 0 Å². The fraction of sp³-hybridized carbons (Fsp3) is 0.517. The number of piperidine rings is 1. The molecule has 0 aliphatic carbocycles. The number of aromatic hydroxyl groups is 1. The molecule has 2 atom stereocenters. The highest BCUT2D eigenvalue weighted by Gasteiger charge is 2.31. The quantitative estimate of drug-likeness (QED) is 0.557. The predicted molar refractivity (Wildman–Crippen MR) is 144 cm³/mol. The number of nitrogens with zero attached hydrogens (tertiary/aromatic N) is 5. The van der Waals surface area contributed by atoms with Gasteiger partial charge in [0.25, 0.3) is 0 Å². The lowest BCUT2D eigenvalue weighted by Crippen LogP contribution is -2.39. The van der Waals surface area contributed by atoms with E-state index in [0.29, 0.717) is 24.3 Å². The van der Waals surface area contributed by atoms with Crippen LogP contribution in [0, 0.1) is 0 Å². The number of hydrogen-bond donors (Lipinski definition) is 1. The Morgan fingerprint density at radius 2 is 1.81 bits per heavy atom. The number of rotatable bonds is 5. The molecule has 2 saturated heterocycles. The summed E-state index contributed by atoms with van der Waals surface area (Å²) in [4.78, 5) is 17.2. The molecule has 0 saturated carbocycles. The number of fused-ring (bicyclic) bond motifs is 2. The first-order valence-corrected chi connectivity index (χ1v) is 13.5. The van der Waals surface area contributed by atoms with E-state index >= 15 is 0 Å². The Bertz CT molecular complexity index is 1240. The number of anilines is 2. The molecular weight excluding hydrogens is 450 g/mol. The van der Waals surface area contributed by atoms with Crippen LogP contribution in [0.1, 0.15) is 50.3 Å². The number of phenols is 1. The van der Waals surface area contributed by atoms with Crippen molar-refractivity contribution in [2.24, 2.45) is 0 Å². The molecule has 0 spiro atoms. The second-order valence-corrected chi connectivity index (χ2v) is 10.7. The molecule has 190 valence electrons. The van der Waals surface area contributed by atoms with E-state index in [1.54, 1.807) is 0 Å². The van der Waals surface area contributed by atoms with Crippen LogP contribution in [0.15, 0.2) is 36.4 Å². The largest absolute Gasteiger partial charge is 0.508 e. The van der Waals surface area contributed by atoms with Gasteiger partial charge in [-0.15, -0.1) is 0 Å². The number of benzene rings is 2. The molecule has 1 N–H and O–H groups in total. The maximum Gasteiger partial charge on any atom is 0.318 e. The topological polar surface area (TPSA) is 65.0 Å². The van der Waals surface area contributed by atoms with Crippen molar-refractivity contribution in [2.75, 3.05) is 43.0 Å². The fourth-order valence-electron chi connectivity index (χ4n) is 6.32. The summed E-state index contributed by atoms with van der Waals surface area (Å²) >= 11 is 0. The first-order chi connectivity index (χ1) is 17.6. The zero-order valence-electron chi connectivity index (χ0n) is 21.5. The Labute approximate surface area is 213 Å². The summed E-state index contributed by atoms with van der Waals surface area (Å²) in [6.07, 6.45) is 6.99. The van der Waals surface area contributed by atoms with Crippen LogP contribution >= 0.6 is 0 Å². The first-order valence-electron chi connectivity index (χ1n) is 13.5. The lowest BCUT2D eigenvalue weighted by atomic mass is 10.0. The van der Waals surface area contributed by atoms with Gasteiger partial charge in [-0.3, -0.25) is 4.90 Å². The second kappa shape index (κ2) is 9.77. The summed E-state index contributed by atoms with van der Waals surface area (Å²) in [6, 6.07) is 12.9. The molecule has 1 aromatic heterocycles. The minimum absolute atomic E-state index is 0.0412. The van der Waals surface area contributed by atoms with Gasteiger partial charge < -0.3 is 19.6 Å². The summed E-state index contributed by atoms with van der Waals surface area (Å²) in [5, 5.41) is 12.6. The van der Waals surface area contributed by atoms with Crippen molar-refractivity contribution in [1.82, 2.24) is 14.9 Å². The highest BCUT2D eigenvalue weighted by molar-refractivity contribution is 5.95.